The molecule has 0 aromatic heterocycles. The Bertz CT molecular complexity index is 389. The van der Waals surface area contributed by atoms with Crippen LogP contribution in [-0.4, -0.2) is 25.6 Å². The average molecular weight is 277 g/mol. The molecule has 2 rings (SSSR count). The van der Waals surface area contributed by atoms with Gasteiger partial charge in [-0.1, -0.05) is 23.2 Å². The lowest BCUT2D eigenvalue weighted by Gasteiger charge is -2.22. The topological polar surface area (TPSA) is 27.7 Å². The van der Waals surface area contributed by atoms with Crippen LogP contribution >= 0.6 is 23.2 Å². The number of benzene rings is 1. The minimum absolute atomic E-state index is 0.469. The van der Waals surface area contributed by atoms with Crippen LogP contribution in [0.2, 0.25) is 10.0 Å². The zero-order valence-corrected chi connectivity index (χ0v) is 11.1. The van der Waals surface area contributed by atoms with Crippen LogP contribution in [0.1, 0.15) is 13.3 Å². The predicted octanol–water partition coefficient (Wildman–Crippen LogP) is 3.53. The van der Waals surface area contributed by atoms with Crippen molar-refractivity contribution in [2.45, 2.75) is 19.1 Å². The molecule has 0 amide bonds. The van der Waals surface area contributed by atoms with Gasteiger partial charge in [0.05, 0.1) is 24.8 Å². The maximum atomic E-state index is 5.98. The molecule has 0 N–H and O–H groups in total. The number of rotatable bonds is 4. The van der Waals surface area contributed by atoms with Crippen LogP contribution in [0, 0.1) is 0 Å². The highest BCUT2D eigenvalue weighted by atomic mass is 35.5. The lowest BCUT2D eigenvalue weighted by atomic mass is 10.2. The molecule has 0 saturated carbocycles. The van der Waals surface area contributed by atoms with Crippen molar-refractivity contribution in [3.8, 4) is 5.75 Å². The maximum absolute atomic E-state index is 5.98. The molecule has 1 aromatic carbocycles. The average Bonchev–Trinajstić information content (AvgIpc) is 2.71. The molecule has 1 aliphatic heterocycles. The van der Waals surface area contributed by atoms with Gasteiger partial charge in [0, 0.05) is 17.5 Å². The summed E-state index contributed by atoms with van der Waals surface area (Å²) < 4.78 is 16.5. The molecule has 94 valence electrons. The fourth-order valence-electron chi connectivity index (χ4n) is 1.64. The SMILES string of the molecule is CC1(CCOc2cc(Cl)ccc2Cl)OCCO1. The van der Waals surface area contributed by atoms with Crippen molar-refractivity contribution in [1.82, 2.24) is 0 Å². The minimum atomic E-state index is -0.537. The molecule has 5 heteroatoms. The fourth-order valence-corrected chi connectivity index (χ4v) is 1.97. The molecule has 0 bridgehead atoms. The van der Waals surface area contributed by atoms with E-state index in [2.05, 4.69) is 0 Å². The molecule has 1 heterocycles. The van der Waals surface area contributed by atoms with E-state index in [-0.39, 0.29) is 0 Å². The van der Waals surface area contributed by atoms with Crippen molar-refractivity contribution >= 4 is 23.2 Å². The summed E-state index contributed by atoms with van der Waals surface area (Å²) in [6, 6.07) is 5.13. The zero-order chi connectivity index (χ0) is 12.3. The van der Waals surface area contributed by atoms with E-state index < -0.39 is 5.79 Å². The Morgan fingerprint density at radius 1 is 1.29 bits per heavy atom. The van der Waals surface area contributed by atoms with Gasteiger partial charge in [-0.15, -0.1) is 0 Å². The van der Waals surface area contributed by atoms with Gasteiger partial charge in [0.2, 0.25) is 0 Å². The summed E-state index contributed by atoms with van der Waals surface area (Å²) in [5, 5.41) is 1.15. The van der Waals surface area contributed by atoms with Crippen LogP contribution in [0.5, 0.6) is 5.75 Å². The molecule has 1 aromatic rings. The molecule has 1 fully saturated rings. The number of hydrogen-bond donors (Lipinski definition) is 0. The summed E-state index contributed by atoms with van der Waals surface area (Å²) in [6.07, 6.45) is 0.649. The van der Waals surface area contributed by atoms with Crippen molar-refractivity contribution in [1.29, 1.82) is 0 Å². The van der Waals surface area contributed by atoms with E-state index in [0.29, 0.717) is 42.0 Å². The second-order valence-electron chi connectivity index (χ2n) is 4.00. The summed E-state index contributed by atoms with van der Waals surface area (Å²) in [6.45, 7) is 3.64. The third-order valence-corrected chi connectivity index (χ3v) is 3.15. The van der Waals surface area contributed by atoms with Crippen molar-refractivity contribution in [3.05, 3.63) is 28.2 Å². The maximum Gasteiger partial charge on any atom is 0.168 e. The molecular weight excluding hydrogens is 263 g/mol. The van der Waals surface area contributed by atoms with Crippen LogP contribution in [0.25, 0.3) is 0 Å². The van der Waals surface area contributed by atoms with Crippen LogP contribution in [0.4, 0.5) is 0 Å². The molecular formula is C12H14Cl2O3. The highest BCUT2D eigenvalue weighted by molar-refractivity contribution is 6.34. The number of ether oxygens (including phenoxy) is 3. The van der Waals surface area contributed by atoms with Crippen LogP contribution < -0.4 is 4.74 Å². The van der Waals surface area contributed by atoms with E-state index >= 15 is 0 Å². The Kier molecular flexibility index (Phi) is 4.15. The van der Waals surface area contributed by atoms with Gasteiger partial charge < -0.3 is 14.2 Å². The monoisotopic (exact) mass is 276 g/mol. The first kappa shape index (κ1) is 13.0. The van der Waals surface area contributed by atoms with Crippen LogP contribution in [0.15, 0.2) is 18.2 Å². The van der Waals surface area contributed by atoms with Crippen LogP contribution in [0.3, 0.4) is 0 Å². The molecule has 0 spiro atoms. The van der Waals surface area contributed by atoms with E-state index in [4.69, 9.17) is 37.4 Å². The van der Waals surface area contributed by atoms with E-state index in [9.17, 15) is 0 Å². The number of hydrogen-bond acceptors (Lipinski definition) is 3. The Morgan fingerprint density at radius 3 is 2.71 bits per heavy atom. The fraction of sp³-hybridized carbons (Fsp3) is 0.500. The molecule has 0 unspecified atom stereocenters. The number of halogens is 2. The van der Waals surface area contributed by atoms with E-state index in [1.54, 1.807) is 18.2 Å². The molecule has 1 saturated heterocycles. The molecule has 1 aliphatic rings. The third-order valence-electron chi connectivity index (χ3n) is 2.61. The summed E-state index contributed by atoms with van der Waals surface area (Å²) in [5.74, 6) is 0.0474. The van der Waals surface area contributed by atoms with Gasteiger partial charge in [-0.05, 0) is 19.1 Å². The van der Waals surface area contributed by atoms with Gasteiger partial charge in [0.1, 0.15) is 5.75 Å². The Morgan fingerprint density at radius 2 is 2.00 bits per heavy atom. The highest BCUT2D eigenvalue weighted by Gasteiger charge is 2.30. The van der Waals surface area contributed by atoms with Gasteiger partial charge in [0.25, 0.3) is 0 Å². The van der Waals surface area contributed by atoms with Gasteiger partial charge in [-0.2, -0.15) is 0 Å². The molecule has 0 aliphatic carbocycles. The lowest BCUT2D eigenvalue weighted by Crippen LogP contribution is -2.27. The Labute approximate surface area is 111 Å². The standard InChI is InChI=1S/C12H14Cl2O3/c1-12(16-6-7-17-12)4-5-15-11-8-9(13)2-3-10(11)14/h2-3,8H,4-7H2,1H3. The van der Waals surface area contributed by atoms with Crippen LogP contribution in [-0.2, 0) is 9.47 Å². The van der Waals surface area contributed by atoms with Crippen molar-refractivity contribution in [2.75, 3.05) is 19.8 Å². The molecule has 0 radical (unpaired) electrons. The second-order valence-corrected chi connectivity index (χ2v) is 4.85. The summed E-state index contributed by atoms with van der Waals surface area (Å²) in [4.78, 5) is 0. The Balaban J connectivity index is 1.87. The smallest absolute Gasteiger partial charge is 0.168 e. The first-order valence-corrected chi connectivity index (χ1v) is 6.20. The molecule has 3 nitrogen and oxygen atoms in total. The normalized spacial score (nSPS) is 18.3. The van der Waals surface area contributed by atoms with Gasteiger partial charge >= 0.3 is 0 Å². The lowest BCUT2D eigenvalue weighted by molar-refractivity contribution is -0.150. The first-order valence-electron chi connectivity index (χ1n) is 5.45. The third kappa shape index (κ3) is 3.49. The quantitative estimate of drug-likeness (QED) is 0.842. The first-order chi connectivity index (χ1) is 8.09. The van der Waals surface area contributed by atoms with E-state index in [1.807, 2.05) is 6.92 Å². The van der Waals surface area contributed by atoms with Gasteiger partial charge in [-0.25, -0.2) is 0 Å². The summed E-state index contributed by atoms with van der Waals surface area (Å²) >= 11 is 11.8. The molecule has 0 atom stereocenters. The van der Waals surface area contributed by atoms with Gasteiger partial charge in [0.15, 0.2) is 5.79 Å². The van der Waals surface area contributed by atoms with E-state index in [0.717, 1.165) is 0 Å². The van der Waals surface area contributed by atoms with E-state index in [1.165, 1.54) is 0 Å². The summed E-state index contributed by atoms with van der Waals surface area (Å²) in [5.41, 5.74) is 0. The van der Waals surface area contributed by atoms with Crippen molar-refractivity contribution < 1.29 is 14.2 Å². The van der Waals surface area contributed by atoms with Crippen molar-refractivity contribution in [2.24, 2.45) is 0 Å². The largest absolute Gasteiger partial charge is 0.492 e. The molecule has 17 heavy (non-hydrogen) atoms. The minimum Gasteiger partial charge on any atom is -0.492 e. The Hall–Kier alpha value is -0.480. The zero-order valence-electron chi connectivity index (χ0n) is 9.54. The highest BCUT2D eigenvalue weighted by Crippen LogP contribution is 2.29. The van der Waals surface area contributed by atoms with Crippen molar-refractivity contribution in [3.63, 3.8) is 0 Å². The second kappa shape index (κ2) is 5.44. The predicted molar refractivity (Wildman–Crippen MR) is 66.9 cm³/mol. The van der Waals surface area contributed by atoms with Gasteiger partial charge in [-0.3, -0.25) is 0 Å². The summed E-state index contributed by atoms with van der Waals surface area (Å²) in [7, 11) is 0.